The number of benzene rings is 7. The standard InChI is InChI=1S/C46H34N2/c1-33(35-15-6-2-7-16-35)48-32-34-25-39(36-17-8-3-9-18-36)28-42(26-34)44-23-14-24-45(46(44)31-47)43-29-40(37-19-10-4-11-20-37)27-41(30-43)38-21-12-5-13-22-38/h2-30H,32H2,1H3. The van der Waals surface area contributed by atoms with Crippen molar-refractivity contribution in [3.05, 3.63) is 193 Å². The Labute approximate surface area is 283 Å². The van der Waals surface area contributed by atoms with E-state index in [2.05, 4.69) is 153 Å². The number of aliphatic imine (C=N–C) groups is 1. The third kappa shape index (κ3) is 6.63. The molecule has 0 N–H and O–H groups in total. The van der Waals surface area contributed by atoms with E-state index in [1.807, 2.05) is 36.4 Å². The van der Waals surface area contributed by atoms with Crippen LogP contribution in [-0.4, -0.2) is 5.71 Å². The van der Waals surface area contributed by atoms with Crippen molar-refractivity contribution >= 4 is 5.71 Å². The Kier molecular flexibility index (Phi) is 8.85. The van der Waals surface area contributed by atoms with Crippen LogP contribution in [0.3, 0.4) is 0 Å². The van der Waals surface area contributed by atoms with Gasteiger partial charge in [-0.1, -0.05) is 140 Å². The highest BCUT2D eigenvalue weighted by Crippen LogP contribution is 2.38. The van der Waals surface area contributed by atoms with Crippen LogP contribution in [0.2, 0.25) is 0 Å². The number of rotatable bonds is 8. The van der Waals surface area contributed by atoms with Gasteiger partial charge in [0.15, 0.2) is 0 Å². The lowest BCUT2D eigenvalue weighted by Crippen LogP contribution is -1.97. The lowest BCUT2D eigenvalue weighted by Gasteiger charge is -2.15. The topological polar surface area (TPSA) is 36.1 Å². The van der Waals surface area contributed by atoms with Gasteiger partial charge in [0, 0.05) is 16.8 Å². The van der Waals surface area contributed by atoms with Crippen molar-refractivity contribution < 1.29 is 0 Å². The van der Waals surface area contributed by atoms with Crippen LogP contribution in [0.15, 0.2) is 181 Å². The Morgan fingerprint density at radius 3 is 1.33 bits per heavy atom. The predicted molar refractivity (Wildman–Crippen MR) is 201 cm³/mol. The molecule has 0 saturated carbocycles. The summed E-state index contributed by atoms with van der Waals surface area (Å²) in [5, 5.41) is 10.8. The lowest BCUT2D eigenvalue weighted by atomic mass is 9.88. The molecule has 48 heavy (non-hydrogen) atoms. The van der Waals surface area contributed by atoms with Crippen LogP contribution in [0.1, 0.15) is 23.6 Å². The van der Waals surface area contributed by atoms with Crippen molar-refractivity contribution in [1.29, 1.82) is 5.26 Å². The second-order valence-electron chi connectivity index (χ2n) is 11.9. The molecule has 0 radical (unpaired) electrons. The Bertz CT molecular complexity index is 2190. The average molecular weight is 615 g/mol. The molecule has 0 aliphatic rings. The van der Waals surface area contributed by atoms with Gasteiger partial charge in [-0.25, -0.2) is 0 Å². The summed E-state index contributed by atoms with van der Waals surface area (Å²) in [4.78, 5) is 4.97. The van der Waals surface area contributed by atoms with Gasteiger partial charge in [0.2, 0.25) is 0 Å². The van der Waals surface area contributed by atoms with E-state index >= 15 is 0 Å². The first-order chi connectivity index (χ1) is 23.7. The molecule has 7 aromatic carbocycles. The molecule has 7 rings (SSSR count). The van der Waals surface area contributed by atoms with Crippen LogP contribution in [0, 0.1) is 11.3 Å². The maximum Gasteiger partial charge on any atom is 0.100 e. The molecule has 228 valence electrons. The van der Waals surface area contributed by atoms with E-state index in [4.69, 9.17) is 4.99 Å². The molecular formula is C46H34N2. The molecule has 2 heteroatoms. The summed E-state index contributed by atoms with van der Waals surface area (Å²) in [6.45, 7) is 2.59. The summed E-state index contributed by atoms with van der Waals surface area (Å²) in [6.07, 6.45) is 0. The Morgan fingerprint density at radius 1 is 0.458 bits per heavy atom. The van der Waals surface area contributed by atoms with Gasteiger partial charge in [0.25, 0.3) is 0 Å². The molecule has 0 unspecified atom stereocenters. The largest absolute Gasteiger partial charge is 0.285 e. The van der Waals surface area contributed by atoms with E-state index in [1.165, 1.54) is 0 Å². The molecule has 0 spiro atoms. The van der Waals surface area contributed by atoms with Crippen LogP contribution in [0.25, 0.3) is 55.6 Å². The number of hydrogen-bond acceptors (Lipinski definition) is 2. The minimum absolute atomic E-state index is 0.537. The van der Waals surface area contributed by atoms with Gasteiger partial charge in [-0.15, -0.1) is 0 Å². The molecule has 7 aromatic rings. The van der Waals surface area contributed by atoms with E-state index < -0.39 is 0 Å². The van der Waals surface area contributed by atoms with E-state index in [0.29, 0.717) is 12.1 Å². The fraction of sp³-hybridized carbons (Fsp3) is 0.0435. The summed E-state index contributed by atoms with van der Waals surface area (Å²) in [7, 11) is 0. The molecule has 2 nitrogen and oxygen atoms in total. The van der Waals surface area contributed by atoms with Gasteiger partial charge < -0.3 is 0 Å². The maximum absolute atomic E-state index is 10.8. The molecule has 0 aliphatic heterocycles. The van der Waals surface area contributed by atoms with Crippen molar-refractivity contribution in [1.82, 2.24) is 0 Å². The molecule has 0 bridgehead atoms. The van der Waals surface area contributed by atoms with Crippen LogP contribution in [-0.2, 0) is 6.54 Å². The first kappa shape index (κ1) is 30.4. The maximum atomic E-state index is 10.8. The summed E-state index contributed by atoms with van der Waals surface area (Å²) in [5.41, 5.74) is 14.4. The zero-order valence-electron chi connectivity index (χ0n) is 26.8. The quantitative estimate of drug-likeness (QED) is 0.157. The molecule has 0 saturated heterocycles. The van der Waals surface area contributed by atoms with Crippen molar-refractivity contribution in [2.45, 2.75) is 13.5 Å². The molecule has 0 fully saturated rings. The van der Waals surface area contributed by atoms with Crippen molar-refractivity contribution in [2.24, 2.45) is 4.99 Å². The van der Waals surface area contributed by atoms with Gasteiger partial charge in [-0.05, 0) is 99.0 Å². The first-order valence-electron chi connectivity index (χ1n) is 16.2. The summed E-state index contributed by atoms with van der Waals surface area (Å²) in [5.74, 6) is 0. The Balaban J connectivity index is 1.37. The van der Waals surface area contributed by atoms with Crippen molar-refractivity contribution in [3.63, 3.8) is 0 Å². The van der Waals surface area contributed by atoms with Gasteiger partial charge in [0.1, 0.15) is 6.07 Å². The highest BCUT2D eigenvalue weighted by Gasteiger charge is 2.16. The molecular weight excluding hydrogens is 581 g/mol. The third-order valence-electron chi connectivity index (χ3n) is 8.74. The third-order valence-corrected chi connectivity index (χ3v) is 8.74. The second kappa shape index (κ2) is 14.0. The summed E-state index contributed by atoms with van der Waals surface area (Å²) < 4.78 is 0. The number of nitrogens with zero attached hydrogens (tertiary/aromatic N) is 2. The average Bonchev–Trinajstić information content (AvgIpc) is 3.17. The van der Waals surface area contributed by atoms with Crippen molar-refractivity contribution in [2.75, 3.05) is 0 Å². The van der Waals surface area contributed by atoms with Crippen LogP contribution < -0.4 is 0 Å². The number of nitriles is 1. The molecule has 0 heterocycles. The van der Waals surface area contributed by atoms with Crippen LogP contribution in [0.4, 0.5) is 0 Å². The second-order valence-corrected chi connectivity index (χ2v) is 11.9. The van der Waals surface area contributed by atoms with Gasteiger partial charge >= 0.3 is 0 Å². The zero-order valence-corrected chi connectivity index (χ0v) is 26.8. The highest BCUT2D eigenvalue weighted by atomic mass is 14.7. The molecule has 0 atom stereocenters. The van der Waals surface area contributed by atoms with E-state index in [1.54, 1.807) is 0 Å². The van der Waals surface area contributed by atoms with Crippen LogP contribution >= 0.6 is 0 Å². The SMILES string of the molecule is CC(=NCc1cc(-c2ccccc2)cc(-c2cccc(-c3cc(-c4ccccc4)cc(-c4ccccc4)c3)c2C#N)c1)c1ccccc1. The van der Waals surface area contributed by atoms with Crippen molar-refractivity contribution in [3.8, 4) is 61.7 Å². The minimum atomic E-state index is 0.537. The van der Waals surface area contributed by atoms with Gasteiger partial charge in [-0.3, -0.25) is 4.99 Å². The smallest absolute Gasteiger partial charge is 0.100 e. The monoisotopic (exact) mass is 614 g/mol. The summed E-state index contributed by atoms with van der Waals surface area (Å²) in [6, 6.07) is 63.6. The van der Waals surface area contributed by atoms with E-state index in [9.17, 15) is 5.26 Å². The Hall–Kier alpha value is -6.30. The van der Waals surface area contributed by atoms with Gasteiger partial charge in [-0.2, -0.15) is 5.26 Å². The minimum Gasteiger partial charge on any atom is -0.285 e. The van der Waals surface area contributed by atoms with Crippen LogP contribution in [0.5, 0.6) is 0 Å². The van der Waals surface area contributed by atoms with E-state index in [0.717, 1.165) is 72.5 Å². The molecule has 0 aliphatic carbocycles. The Morgan fingerprint density at radius 2 is 0.854 bits per heavy atom. The fourth-order valence-corrected chi connectivity index (χ4v) is 6.25. The fourth-order valence-electron chi connectivity index (χ4n) is 6.25. The lowest BCUT2D eigenvalue weighted by molar-refractivity contribution is 1.07. The van der Waals surface area contributed by atoms with Gasteiger partial charge in [0.05, 0.1) is 12.1 Å². The predicted octanol–water partition coefficient (Wildman–Crippen LogP) is 11.9. The first-order valence-corrected chi connectivity index (χ1v) is 16.2. The highest BCUT2D eigenvalue weighted by molar-refractivity contribution is 5.98. The normalized spacial score (nSPS) is 11.2. The number of hydrogen-bond donors (Lipinski definition) is 0. The molecule has 0 aromatic heterocycles. The zero-order chi connectivity index (χ0) is 32.7. The summed E-state index contributed by atoms with van der Waals surface area (Å²) >= 11 is 0. The van der Waals surface area contributed by atoms with E-state index in [-0.39, 0.29) is 0 Å². The molecule has 0 amide bonds.